The van der Waals surface area contributed by atoms with Gasteiger partial charge in [0.05, 0.1) is 35.8 Å². The van der Waals surface area contributed by atoms with Gasteiger partial charge in [-0.05, 0) is 64.1 Å². The van der Waals surface area contributed by atoms with Gasteiger partial charge in [0.1, 0.15) is 5.82 Å². The third-order valence-corrected chi connectivity index (χ3v) is 17.0. The fourth-order valence-corrected chi connectivity index (χ4v) is 13.8. The second kappa shape index (κ2) is 16.0. The van der Waals surface area contributed by atoms with Crippen LogP contribution in [-0.4, -0.2) is 54.7 Å². The Bertz CT molecular complexity index is 1910. The number of carboxylic acids is 1. The van der Waals surface area contributed by atoms with Gasteiger partial charge in [0.15, 0.2) is 0 Å². The molecule has 1 aromatic heterocycles. The van der Waals surface area contributed by atoms with Gasteiger partial charge in [0, 0.05) is 24.4 Å². The smallest absolute Gasteiger partial charge is 0.305 e. The number of carboxylic acid groups (broad SMARTS) is 1. The minimum Gasteiger partial charge on any atom is -0.481 e. The van der Waals surface area contributed by atoms with Crippen LogP contribution >= 0.6 is 7.37 Å². The van der Waals surface area contributed by atoms with Crippen molar-refractivity contribution in [2.45, 2.75) is 64.5 Å². The summed E-state index contributed by atoms with van der Waals surface area (Å²) in [6.07, 6.45) is -0.819. The molecule has 7 nitrogen and oxygen atoms in total. The number of aromatic nitrogens is 2. The molecular weight excluding hydrogens is 679 g/mol. The van der Waals surface area contributed by atoms with Crippen LogP contribution in [-0.2, 0) is 24.7 Å². The van der Waals surface area contributed by atoms with E-state index in [0.29, 0.717) is 12.1 Å². The monoisotopic (exact) mass is 726 g/mol. The van der Waals surface area contributed by atoms with Crippen LogP contribution in [0.5, 0.6) is 0 Å². The van der Waals surface area contributed by atoms with Gasteiger partial charge in [-0.15, -0.1) is 0 Å². The van der Waals surface area contributed by atoms with Crippen molar-refractivity contribution in [1.82, 2.24) is 9.78 Å². The Morgan fingerprint density at radius 2 is 1.41 bits per heavy atom. The number of carbonyl (C=O) groups is 1. The molecule has 0 spiro atoms. The molecule has 0 aliphatic heterocycles. The molecule has 0 saturated heterocycles. The number of aliphatic carboxylic acids is 1. The van der Waals surface area contributed by atoms with Crippen molar-refractivity contribution < 1.29 is 27.8 Å². The van der Waals surface area contributed by atoms with Crippen molar-refractivity contribution in [2.75, 3.05) is 19.4 Å². The van der Waals surface area contributed by atoms with Crippen LogP contribution in [0.1, 0.15) is 58.2 Å². The highest BCUT2D eigenvalue weighted by molar-refractivity contribution is 7.59. The van der Waals surface area contributed by atoms with E-state index in [2.05, 4.69) is 34.6 Å². The fraction of sp³-hybridized carbons (Fsp3) is 0.317. The average Bonchev–Trinajstić information content (AvgIpc) is 3.50. The first-order chi connectivity index (χ1) is 24.3. The van der Waals surface area contributed by atoms with Gasteiger partial charge in [-0.1, -0.05) is 113 Å². The molecule has 268 valence electrons. The van der Waals surface area contributed by atoms with E-state index < -0.39 is 32.8 Å². The molecule has 10 heteroatoms. The lowest BCUT2D eigenvalue weighted by Crippen LogP contribution is -2.68. The number of para-hydroxylation sites is 1. The summed E-state index contributed by atoms with van der Waals surface area (Å²) < 4.78 is 43.9. The van der Waals surface area contributed by atoms with Crippen molar-refractivity contribution in [2.24, 2.45) is 0 Å². The fourth-order valence-electron chi connectivity index (χ4n) is 7.04. The quantitative estimate of drug-likeness (QED) is 0.0858. The van der Waals surface area contributed by atoms with E-state index in [0.717, 1.165) is 32.9 Å². The number of hydrogen-bond donors (Lipinski definition) is 1. The van der Waals surface area contributed by atoms with E-state index in [1.165, 1.54) is 19.2 Å². The first-order valence-electron chi connectivity index (χ1n) is 17.4. The van der Waals surface area contributed by atoms with Crippen LogP contribution in [0.3, 0.4) is 0 Å². The maximum atomic E-state index is 14.8. The summed E-state index contributed by atoms with van der Waals surface area (Å²) in [4.78, 5) is 12.4. The normalized spacial score (nSPS) is 14.0. The molecule has 2 atom stereocenters. The molecule has 0 aliphatic carbocycles. The van der Waals surface area contributed by atoms with Crippen LogP contribution in [0.25, 0.3) is 16.9 Å². The summed E-state index contributed by atoms with van der Waals surface area (Å²) in [6, 6.07) is 36.0. The van der Waals surface area contributed by atoms with Gasteiger partial charge in [-0.3, -0.25) is 9.36 Å². The van der Waals surface area contributed by atoms with Crippen LogP contribution in [0.15, 0.2) is 115 Å². The zero-order chi connectivity index (χ0) is 36.8. The molecule has 1 heterocycles. The highest BCUT2D eigenvalue weighted by Gasteiger charge is 2.52. The van der Waals surface area contributed by atoms with Gasteiger partial charge >= 0.3 is 5.97 Å². The second-order valence-corrected chi connectivity index (χ2v) is 21.3. The molecule has 0 bridgehead atoms. The molecule has 0 saturated carbocycles. The van der Waals surface area contributed by atoms with E-state index in [1.54, 1.807) is 12.1 Å². The van der Waals surface area contributed by atoms with Crippen LogP contribution in [0.2, 0.25) is 5.04 Å². The SMILES string of the molecule is COP(=O)(CCc1c(-c2ccc(F)cc2)nn(-c2ccccc2)c1C(C)C)C[C@H](CC(=O)O)O[Si](c1ccccc1)(c1ccccc1)C(C)(C)C. The summed E-state index contributed by atoms with van der Waals surface area (Å²) in [7, 11) is -5.24. The van der Waals surface area contributed by atoms with E-state index in [1.807, 2.05) is 95.7 Å². The minimum atomic E-state index is -3.49. The molecule has 0 fully saturated rings. The van der Waals surface area contributed by atoms with Gasteiger partial charge < -0.3 is 14.1 Å². The summed E-state index contributed by atoms with van der Waals surface area (Å²) in [5.74, 6) is -1.34. The Morgan fingerprint density at radius 1 is 0.882 bits per heavy atom. The molecule has 0 aliphatic rings. The lowest BCUT2D eigenvalue weighted by molar-refractivity contribution is -0.138. The van der Waals surface area contributed by atoms with E-state index in [9.17, 15) is 18.9 Å². The van der Waals surface area contributed by atoms with Crippen molar-refractivity contribution in [1.29, 1.82) is 0 Å². The summed E-state index contributed by atoms with van der Waals surface area (Å²) >= 11 is 0. The number of benzene rings is 4. The maximum Gasteiger partial charge on any atom is 0.305 e. The molecule has 5 rings (SSSR count). The average molecular weight is 727 g/mol. The molecule has 5 aromatic rings. The molecule has 51 heavy (non-hydrogen) atoms. The first-order valence-corrected chi connectivity index (χ1v) is 21.3. The maximum absolute atomic E-state index is 14.8. The molecule has 1 unspecified atom stereocenters. The Labute approximate surface area is 302 Å². The largest absolute Gasteiger partial charge is 0.481 e. The lowest BCUT2D eigenvalue weighted by atomic mass is 9.98. The number of rotatable bonds is 15. The minimum absolute atomic E-state index is 0.0436. The zero-order valence-corrected chi connectivity index (χ0v) is 32.1. The van der Waals surface area contributed by atoms with Crippen LogP contribution < -0.4 is 10.4 Å². The lowest BCUT2D eigenvalue weighted by Gasteiger charge is -2.45. The van der Waals surface area contributed by atoms with Gasteiger partial charge in [0.2, 0.25) is 7.37 Å². The third kappa shape index (κ3) is 8.50. The summed E-state index contributed by atoms with van der Waals surface area (Å²) in [5.41, 5.74) is 4.14. The van der Waals surface area contributed by atoms with E-state index in [4.69, 9.17) is 14.0 Å². The summed E-state index contributed by atoms with van der Waals surface area (Å²) in [6.45, 7) is 10.6. The third-order valence-electron chi connectivity index (χ3n) is 9.37. The van der Waals surface area contributed by atoms with Gasteiger partial charge in [-0.2, -0.15) is 5.10 Å². The zero-order valence-electron chi connectivity index (χ0n) is 30.3. The molecular formula is C41H48FN2O5PSi. The highest BCUT2D eigenvalue weighted by Crippen LogP contribution is 2.50. The Balaban J connectivity index is 1.56. The van der Waals surface area contributed by atoms with Gasteiger partial charge in [-0.25, -0.2) is 9.07 Å². The topological polar surface area (TPSA) is 90.7 Å². The number of halogens is 1. The Kier molecular flexibility index (Phi) is 12.0. The predicted octanol–water partition coefficient (Wildman–Crippen LogP) is 8.69. The highest BCUT2D eigenvalue weighted by atomic mass is 31.2. The molecule has 4 aromatic carbocycles. The second-order valence-electron chi connectivity index (χ2n) is 14.3. The van der Waals surface area contributed by atoms with Crippen molar-refractivity contribution in [3.63, 3.8) is 0 Å². The summed E-state index contributed by atoms with van der Waals surface area (Å²) in [5, 5.41) is 16.8. The first kappa shape index (κ1) is 38.1. The van der Waals surface area contributed by atoms with Gasteiger partial charge in [0.25, 0.3) is 8.32 Å². The predicted molar refractivity (Wildman–Crippen MR) is 206 cm³/mol. The Hall–Kier alpha value is -4.14. The van der Waals surface area contributed by atoms with Crippen molar-refractivity contribution >= 4 is 32.0 Å². The standard InChI is InChI=1S/C41H48FN2O5PSi/c1-30(2)40-37(39(31-22-24-32(42)25-23-31)43-44(40)33-16-10-7-11-17-33)26-27-50(47,48-6)29-34(28-38(45)46)49-51(41(3,4)5,35-18-12-8-13-19-35)36-20-14-9-15-21-36/h7-25,30,34H,26-29H2,1-6H3,(H,45,46)/t34-,50?/m0/s1. The number of nitrogens with zero attached hydrogens (tertiary/aromatic N) is 2. The Morgan fingerprint density at radius 3 is 1.88 bits per heavy atom. The van der Waals surface area contributed by atoms with Crippen molar-refractivity contribution in [3.05, 3.63) is 132 Å². The number of hydrogen-bond acceptors (Lipinski definition) is 5. The molecule has 1 N–H and O–H groups in total. The van der Waals surface area contributed by atoms with Crippen molar-refractivity contribution in [3.8, 4) is 16.9 Å². The molecule has 0 amide bonds. The van der Waals surface area contributed by atoms with Crippen LogP contribution in [0, 0.1) is 5.82 Å². The van der Waals surface area contributed by atoms with E-state index in [-0.39, 0.29) is 30.5 Å². The molecule has 0 radical (unpaired) electrons. The van der Waals surface area contributed by atoms with Crippen LogP contribution in [0.4, 0.5) is 4.39 Å². The van der Waals surface area contributed by atoms with E-state index >= 15 is 0 Å².